The average molecular weight is 225 g/mol. The van der Waals surface area contributed by atoms with Gasteiger partial charge in [-0.1, -0.05) is 0 Å². The molecule has 0 bridgehead atoms. The highest BCUT2D eigenvalue weighted by Crippen LogP contribution is 2.25. The number of oxazole rings is 1. The number of aromatic nitrogens is 1. The van der Waals surface area contributed by atoms with E-state index in [1.165, 1.54) is 0 Å². The minimum atomic E-state index is 0.575. The summed E-state index contributed by atoms with van der Waals surface area (Å²) in [5.41, 5.74) is 15.1. The summed E-state index contributed by atoms with van der Waals surface area (Å²) in [6, 6.07) is 12.8. The fourth-order valence-electron chi connectivity index (χ4n) is 1.69. The van der Waals surface area contributed by atoms with Gasteiger partial charge in [-0.2, -0.15) is 0 Å². The maximum atomic E-state index is 5.69. The van der Waals surface area contributed by atoms with Gasteiger partial charge in [0.1, 0.15) is 5.52 Å². The van der Waals surface area contributed by atoms with Crippen LogP contribution in [-0.4, -0.2) is 4.98 Å². The van der Waals surface area contributed by atoms with E-state index in [-0.39, 0.29) is 0 Å². The number of benzene rings is 2. The van der Waals surface area contributed by atoms with E-state index in [1.807, 2.05) is 30.3 Å². The maximum Gasteiger partial charge on any atom is 0.227 e. The zero-order valence-electron chi connectivity index (χ0n) is 9.05. The quantitative estimate of drug-likeness (QED) is 0.624. The van der Waals surface area contributed by atoms with E-state index in [0.717, 1.165) is 16.7 Å². The molecule has 0 saturated heterocycles. The SMILES string of the molecule is Nc1ccc(-c2nc3cc(N)ccc3o2)cc1. The lowest BCUT2D eigenvalue weighted by molar-refractivity contribution is 0.620. The highest BCUT2D eigenvalue weighted by atomic mass is 16.3. The Bertz CT molecular complexity index is 671. The van der Waals surface area contributed by atoms with Gasteiger partial charge in [0, 0.05) is 16.9 Å². The Labute approximate surface area is 97.9 Å². The second-order valence-electron chi connectivity index (χ2n) is 3.87. The Morgan fingerprint density at radius 2 is 1.59 bits per heavy atom. The van der Waals surface area contributed by atoms with Crippen LogP contribution in [0.2, 0.25) is 0 Å². The number of anilines is 2. The molecular weight excluding hydrogens is 214 g/mol. The van der Waals surface area contributed by atoms with Crippen molar-refractivity contribution in [3.05, 3.63) is 42.5 Å². The second-order valence-corrected chi connectivity index (χ2v) is 3.87. The molecule has 17 heavy (non-hydrogen) atoms. The molecule has 0 radical (unpaired) electrons. The Kier molecular flexibility index (Phi) is 2.01. The van der Waals surface area contributed by atoms with Gasteiger partial charge in [0.2, 0.25) is 5.89 Å². The van der Waals surface area contributed by atoms with Crippen LogP contribution in [0.4, 0.5) is 11.4 Å². The average Bonchev–Trinajstić information content (AvgIpc) is 2.72. The predicted molar refractivity (Wildman–Crippen MR) is 68.3 cm³/mol. The minimum Gasteiger partial charge on any atom is -0.436 e. The van der Waals surface area contributed by atoms with Gasteiger partial charge in [-0.3, -0.25) is 0 Å². The number of hydrogen-bond donors (Lipinski definition) is 2. The Morgan fingerprint density at radius 1 is 0.882 bits per heavy atom. The molecule has 84 valence electrons. The first kappa shape index (κ1) is 9.72. The summed E-state index contributed by atoms with van der Waals surface area (Å²) >= 11 is 0. The van der Waals surface area contributed by atoms with Gasteiger partial charge in [0.05, 0.1) is 0 Å². The number of fused-ring (bicyclic) bond motifs is 1. The molecule has 1 aromatic heterocycles. The van der Waals surface area contributed by atoms with Crippen molar-refractivity contribution in [3.8, 4) is 11.5 Å². The molecule has 0 aliphatic rings. The fourth-order valence-corrected chi connectivity index (χ4v) is 1.69. The lowest BCUT2D eigenvalue weighted by Crippen LogP contribution is -1.84. The topological polar surface area (TPSA) is 78.1 Å². The number of nitrogen functional groups attached to an aromatic ring is 2. The molecule has 1 heterocycles. The molecule has 0 atom stereocenters. The van der Waals surface area contributed by atoms with Gasteiger partial charge in [-0.25, -0.2) is 4.98 Å². The number of rotatable bonds is 1. The first-order chi connectivity index (χ1) is 8.22. The third-order valence-corrected chi connectivity index (χ3v) is 2.57. The van der Waals surface area contributed by atoms with E-state index in [2.05, 4.69) is 4.98 Å². The van der Waals surface area contributed by atoms with E-state index < -0.39 is 0 Å². The smallest absolute Gasteiger partial charge is 0.227 e. The van der Waals surface area contributed by atoms with Crippen LogP contribution >= 0.6 is 0 Å². The summed E-state index contributed by atoms with van der Waals surface area (Å²) < 4.78 is 5.64. The number of nitrogens with two attached hydrogens (primary N) is 2. The molecule has 2 aromatic carbocycles. The van der Waals surface area contributed by atoms with Crippen LogP contribution in [0.15, 0.2) is 46.9 Å². The molecule has 4 N–H and O–H groups in total. The molecule has 0 aliphatic heterocycles. The van der Waals surface area contributed by atoms with E-state index in [4.69, 9.17) is 15.9 Å². The molecule has 4 heteroatoms. The molecule has 0 fully saturated rings. The summed E-state index contributed by atoms with van der Waals surface area (Å²) in [6.07, 6.45) is 0. The lowest BCUT2D eigenvalue weighted by Gasteiger charge is -1.95. The fraction of sp³-hybridized carbons (Fsp3) is 0. The molecule has 3 rings (SSSR count). The second kappa shape index (κ2) is 3.52. The third kappa shape index (κ3) is 1.69. The van der Waals surface area contributed by atoms with Crippen molar-refractivity contribution >= 4 is 22.5 Å². The van der Waals surface area contributed by atoms with Gasteiger partial charge in [-0.15, -0.1) is 0 Å². The van der Waals surface area contributed by atoms with Gasteiger partial charge in [0.25, 0.3) is 0 Å². The Balaban J connectivity index is 2.14. The van der Waals surface area contributed by atoms with Crippen LogP contribution < -0.4 is 11.5 Å². The first-order valence-corrected chi connectivity index (χ1v) is 5.24. The zero-order valence-corrected chi connectivity index (χ0v) is 9.05. The van der Waals surface area contributed by atoms with Gasteiger partial charge < -0.3 is 15.9 Å². The number of hydrogen-bond acceptors (Lipinski definition) is 4. The summed E-state index contributed by atoms with van der Waals surface area (Å²) in [4.78, 5) is 4.39. The van der Waals surface area contributed by atoms with Gasteiger partial charge >= 0.3 is 0 Å². The van der Waals surface area contributed by atoms with Crippen LogP contribution in [-0.2, 0) is 0 Å². The lowest BCUT2D eigenvalue weighted by atomic mass is 10.2. The molecule has 3 aromatic rings. The highest BCUT2D eigenvalue weighted by molar-refractivity contribution is 5.79. The van der Waals surface area contributed by atoms with Crippen LogP contribution in [0.1, 0.15) is 0 Å². The van der Waals surface area contributed by atoms with E-state index >= 15 is 0 Å². The van der Waals surface area contributed by atoms with E-state index in [0.29, 0.717) is 17.3 Å². The van der Waals surface area contributed by atoms with Crippen LogP contribution in [0.5, 0.6) is 0 Å². The van der Waals surface area contributed by atoms with Gasteiger partial charge in [0.15, 0.2) is 5.58 Å². The van der Waals surface area contributed by atoms with Gasteiger partial charge in [-0.05, 0) is 42.5 Å². The highest BCUT2D eigenvalue weighted by Gasteiger charge is 2.07. The minimum absolute atomic E-state index is 0.575. The van der Waals surface area contributed by atoms with Crippen molar-refractivity contribution in [2.24, 2.45) is 0 Å². The molecule has 0 saturated carbocycles. The molecule has 0 spiro atoms. The standard InChI is InChI=1S/C13H11N3O/c14-9-3-1-8(2-4-9)13-16-11-7-10(15)5-6-12(11)17-13/h1-7H,14-15H2. The summed E-state index contributed by atoms with van der Waals surface area (Å²) in [7, 11) is 0. The Hall–Kier alpha value is -2.49. The molecule has 4 nitrogen and oxygen atoms in total. The molecular formula is C13H11N3O. The van der Waals surface area contributed by atoms with Crippen LogP contribution in [0.25, 0.3) is 22.6 Å². The zero-order chi connectivity index (χ0) is 11.8. The van der Waals surface area contributed by atoms with E-state index in [9.17, 15) is 0 Å². The van der Waals surface area contributed by atoms with E-state index in [1.54, 1.807) is 12.1 Å². The molecule has 0 amide bonds. The predicted octanol–water partition coefficient (Wildman–Crippen LogP) is 2.66. The monoisotopic (exact) mass is 225 g/mol. The molecule has 0 aliphatic carbocycles. The maximum absolute atomic E-state index is 5.69. The van der Waals surface area contributed by atoms with Crippen molar-refractivity contribution in [3.63, 3.8) is 0 Å². The van der Waals surface area contributed by atoms with Crippen molar-refractivity contribution in [1.82, 2.24) is 4.98 Å². The van der Waals surface area contributed by atoms with Crippen molar-refractivity contribution in [2.75, 3.05) is 11.5 Å². The summed E-state index contributed by atoms with van der Waals surface area (Å²) in [5.74, 6) is 0.575. The summed E-state index contributed by atoms with van der Waals surface area (Å²) in [5, 5.41) is 0. The number of nitrogens with zero attached hydrogens (tertiary/aromatic N) is 1. The van der Waals surface area contributed by atoms with Crippen LogP contribution in [0.3, 0.4) is 0 Å². The summed E-state index contributed by atoms with van der Waals surface area (Å²) in [6.45, 7) is 0. The van der Waals surface area contributed by atoms with Crippen molar-refractivity contribution < 1.29 is 4.42 Å². The Morgan fingerprint density at radius 3 is 2.35 bits per heavy atom. The third-order valence-electron chi connectivity index (χ3n) is 2.57. The van der Waals surface area contributed by atoms with Crippen molar-refractivity contribution in [2.45, 2.75) is 0 Å². The van der Waals surface area contributed by atoms with Crippen molar-refractivity contribution in [1.29, 1.82) is 0 Å². The van der Waals surface area contributed by atoms with Crippen LogP contribution in [0, 0.1) is 0 Å². The largest absolute Gasteiger partial charge is 0.436 e. The normalized spacial score (nSPS) is 10.8. The molecule has 0 unspecified atom stereocenters. The first-order valence-electron chi connectivity index (χ1n) is 5.24.